The van der Waals surface area contributed by atoms with Gasteiger partial charge in [-0.2, -0.15) is 0 Å². The van der Waals surface area contributed by atoms with E-state index in [1.807, 2.05) is 54.4 Å². The van der Waals surface area contributed by atoms with Crippen LogP contribution in [0.1, 0.15) is 30.0 Å². The van der Waals surface area contributed by atoms with Crippen LogP contribution in [0.2, 0.25) is 0 Å². The number of benzene rings is 1. The van der Waals surface area contributed by atoms with Crippen molar-refractivity contribution < 1.29 is 9.53 Å². The molecule has 8 heteroatoms. The lowest BCUT2D eigenvalue weighted by atomic mass is 9.93. The first-order valence-corrected chi connectivity index (χ1v) is 10.7. The Balaban J connectivity index is 1.41. The summed E-state index contributed by atoms with van der Waals surface area (Å²) in [4.78, 5) is 29.0. The normalized spacial score (nSPS) is 14.2. The number of urea groups is 1. The van der Waals surface area contributed by atoms with Crippen molar-refractivity contribution in [1.29, 1.82) is 0 Å². The van der Waals surface area contributed by atoms with E-state index >= 15 is 0 Å². The first-order valence-electron chi connectivity index (χ1n) is 10.7. The fourth-order valence-corrected chi connectivity index (χ4v) is 3.73. The van der Waals surface area contributed by atoms with Crippen LogP contribution in [0.3, 0.4) is 0 Å². The van der Waals surface area contributed by atoms with Crippen LogP contribution in [0.15, 0.2) is 55.0 Å². The van der Waals surface area contributed by atoms with Crippen LogP contribution in [0.5, 0.6) is 11.6 Å². The van der Waals surface area contributed by atoms with Crippen molar-refractivity contribution in [3.8, 4) is 11.6 Å². The molecule has 0 unspecified atom stereocenters. The molecule has 1 saturated heterocycles. The molecule has 2 amide bonds. The first kappa shape index (κ1) is 21.5. The van der Waals surface area contributed by atoms with Gasteiger partial charge in [-0.05, 0) is 55.7 Å². The molecule has 1 aliphatic rings. The smallest absolute Gasteiger partial charge is 0.319 e. The van der Waals surface area contributed by atoms with Crippen molar-refractivity contribution in [2.75, 3.05) is 32.5 Å². The summed E-state index contributed by atoms with van der Waals surface area (Å²) in [6, 6.07) is 11.7. The highest BCUT2D eigenvalue weighted by Gasteiger charge is 2.28. The summed E-state index contributed by atoms with van der Waals surface area (Å²) in [6.07, 6.45) is 6.84. The van der Waals surface area contributed by atoms with Gasteiger partial charge < -0.3 is 19.9 Å². The Kier molecular flexibility index (Phi) is 6.49. The number of anilines is 2. The van der Waals surface area contributed by atoms with E-state index in [-0.39, 0.29) is 11.9 Å². The molecule has 4 rings (SSSR count). The molecule has 166 valence electrons. The quantitative estimate of drug-likeness (QED) is 0.636. The minimum Gasteiger partial charge on any atom is -0.437 e. The zero-order valence-electron chi connectivity index (χ0n) is 18.7. The van der Waals surface area contributed by atoms with E-state index in [0.717, 1.165) is 35.6 Å². The van der Waals surface area contributed by atoms with E-state index in [1.54, 1.807) is 31.4 Å². The minimum atomic E-state index is 0.0496. The Labute approximate surface area is 188 Å². The van der Waals surface area contributed by atoms with Crippen molar-refractivity contribution in [3.05, 3.63) is 66.2 Å². The number of likely N-dealkylation sites (tertiary alicyclic amines) is 1. The molecule has 0 radical (unpaired) electrons. The van der Waals surface area contributed by atoms with Crippen LogP contribution >= 0.6 is 0 Å². The van der Waals surface area contributed by atoms with Gasteiger partial charge in [0.25, 0.3) is 0 Å². The number of hydrogen-bond acceptors (Lipinski definition) is 6. The predicted octanol–water partition coefficient (Wildman–Crippen LogP) is 4.58. The molecule has 0 saturated carbocycles. The fraction of sp³-hybridized carbons (Fsp3) is 0.333. The molecule has 1 aromatic carbocycles. The number of hydrogen-bond donors (Lipinski definition) is 1. The highest BCUT2D eigenvalue weighted by molar-refractivity contribution is 5.73. The van der Waals surface area contributed by atoms with Gasteiger partial charge in [0.15, 0.2) is 0 Å². The molecule has 0 atom stereocenters. The van der Waals surface area contributed by atoms with E-state index < -0.39 is 0 Å². The van der Waals surface area contributed by atoms with E-state index in [0.29, 0.717) is 24.7 Å². The van der Waals surface area contributed by atoms with E-state index in [1.165, 1.54) is 0 Å². The number of pyridine rings is 1. The van der Waals surface area contributed by atoms with Gasteiger partial charge in [0.05, 0.1) is 0 Å². The van der Waals surface area contributed by atoms with Crippen molar-refractivity contribution in [2.24, 2.45) is 0 Å². The molecule has 1 aliphatic heterocycles. The van der Waals surface area contributed by atoms with Crippen LogP contribution < -0.4 is 10.1 Å². The SMILES string of the molecule is Cc1ccc(Nc2ccc(Oc3nccnc3C3CCN(C(=O)N(C)C)CC3)cc2)nc1. The van der Waals surface area contributed by atoms with Gasteiger partial charge in [-0.1, -0.05) is 6.07 Å². The fourth-order valence-electron chi connectivity index (χ4n) is 3.73. The number of carbonyl (C=O) groups is 1. The van der Waals surface area contributed by atoms with Gasteiger partial charge in [0.2, 0.25) is 5.88 Å². The lowest BCUT2D eigenvalue weighted by Crippen LogP contribution is -2.43. The summed E-state index contributed by atoms with van der Waals surface area (Å²) in [5, 5.41) is 3.28. The minimum absolute atomic E-state index is 0.0496. The molecule has 1 fully saturated rings. The number of piperidine rings is 1. The summed E-state index contributed by atoms with van der Waals surface area (Å²) in [5.74, 6) is 2.21. The number of nitrogens with one attached hydrogen (secondary N) is 1. The Morgan fingerprint density at radius 1 is 1.03 bits per heavy atom. The van der Waals surface area contributed by atoms with Crippen LogP contribution in [0.25, 0.3) is 0 Å². The second-order valence-electron chi connectivity index (χ2n) is 8.16. The van der Waals surface area contributed by atoms with Gasteiger partial charge in [-0.15, -0.1) is 0 Å². The Morgan fingerprint density at radius 2 is 1.75 bits per heavy atom. The molecule has 2 aromatic heterocycles. The van der Waals surface area contributed by atoms with Crippen molar-refractivity contribution in [1.82, 2.24) is 24.8 Å². The first-order chi connectivity index (χ1) is 15.5. The van der Waals surface area contributed by atoms with Gasteiger partial charge >= 0.3 is 6.03 Å². The second-order valence-corrected chi connectivity index (χ2v) is 8.16. The highest BCUT2D eigenvalue weighted by atomic mass is 16.5. The Bertz CT molecular complexity index is 1040. The third-order valence-corrected chi connectivity index (χ3v) is 5.48. The lowest BCUT2D eigenvalue weighted by molar-refractivity contribution is 0.155. The maximum atomic E-state index is 12.2. The van der Waals surface area contributed by atoms with Crippen molar-refractivity contribution in [3.63, 3.8) is 0 Å². The standard InChI is InChI=1S/C24H28N6O2/c1-17-4-9-21(27-16-17)28-19-5-7-20(8-6-19)32-23-22(25-12-13-26-23)18-10-14-30(15-11-18)24(31)29(2)3/h4-9,12-13,16,18H,10-11,14-15H2,1-3H3,(H,27,28). The molecule has 0 spiro atoms. The number of rotatable bonds is 5. The average Bonchev–Trinajstić information content (AvgIpc) is 2.82. The van der Waals surface area contributed by atoms with Gasteiger partial charge in [-0.25, -0.2) is 14.8 Å². The monoisotopic (exact) mass is 432 g/mol. The molecule has 1 N–H and O–H groups in total. The molecular weight excluding hydrogens is 404 g/mol. The highest BCUT2D eigenvalue weighted by Crippen LogP contribution is 2.34. The zero-order valence-corrected chi connectivity index (χ0v) is 18.7. The number of ether oxygens (including phenoxy) is 1. The molecule has 0 bridgehead atoms. The number of nitrogens with zero attached hydrogens (tertiary/aromatic N) is 5. The summed E-state index contributed by atoms with van der Waals surface area (Å²) in [6.45, 7) is 3.41. The Morgan fingerprint density at radius 3 is 2.41 bits per heavy atom. The molecule has 8 nitrogen and oxygen atoms in total. The summed E-state index contributed by atoms with van der Waals surface area (Å²) in [5.41, 5.74) is 2.88. The van der Waals surface area contributed by atoms with Crippen LogP contribution in [0, 0.1) is 6.92 Å². The largest absolute Gasteiger partial charge is 0.437 e. The van der Waals surface area contributed by atoms with Gasteiger partial charge in [0.1, 0.15) is 17.3 Å². The number of carbonyl (C=O) groups excluding carboxylic acids is 1. The molecule has 32 heavy (non-hydrogen) atoms. The van der Waals surface area contributed by atoms with Gasteiger partial charge in [-0.3, -0.25) is 4.98 Å². The molecule has 3 aromatic rings. The van der Waals surface area contributed by atoms with Crippen LogP contribution in [0.4, 0.5) is 16.3 Å². The van der Waals surface area contributed by atoms with Crippen molar-refractivity contribution >= 4 is 17.5 Å². The lowest BCUT2D eigenvalue weighted by Gasteiger charge is -2.33. The molecule has 0 aliphatic carbocycles. The summed E-state index contributed by atoms with van der Waals surface area (Å²) >= 11 is 0. The number of aryl methyl sites for hydroxylation is 1. The zero-order chi connectivity index (χ0) is 22.5. The van der Waals surface area contributed by atoms with E-state index in [4.69, 9.17) is 4.74 Å². The number of amides is 2. The average molecular weight is 433 g/mol. The molecule has 3 heterocycles. The maximum absolute atomic E-state index is 12.2. The second kappa shape index (κ2) is 9.64. The molecular formula is C24H28N6O2. The predicted molar refractivity (Wildman–Crippen MR) is 123 cm³/mol. The van der Waals surface area contributed by atoms with Gasteiger partial charge in [0, 0.05) is 57.4 Å². The van der Waals surface area contributed by atoms with E-state index in [9.17, 15) is 4.79 Å². The number of aromatic nitrogens is 3. The van der Waals surface area contributed by atoms with E-state index in [2.05, 4.69) is 20.3 Å². The third kappa shape index (κ3) is 5.14. The summed E-state index contributed by atoms with van der Waals surface area (Å²) in [7, 11) is 3.56. The van der Waals surface area contributed by atoms with Crippen molar-refractivity contribution in [2.45, 2.75) is 25.7 Å². The topological polar surface area (TPSA) is 83.5 Å². The third-order valence-electron chi connectivity index (χ3n) is 5.48. The summed E-state index contributed by atoms with van der Waals surface area (Å²) < 4.78 is 6.09. The van der Waals surface area contributed by atoms with Crippen LogP contribution in [-0.2, 0) is 0 Å². The maximum Gasteiger partial charge on any atom is 0.319 e. The van der Waals surface area contributed by atoms with Crippen LogP contribution in [-0.4, -0.2) is 58.0 Å². The Hall–Kier alpha value is -3.68.